The van der Waals surface area contributed by atoms with E-state index in [2.05, 4.69) is 5.32 Å². The molecule has 0 aliphatic heterocycles. The molecule has 2 aromatic heterocycles. The highest BCUT2D eigenvalue weighted by Gasteiger charge is 2.37. The minimum absolute atomic E-state index is 0.0637. The SMILES string of the molecule is O=C(NC1CCCC1)[C@H](c1ccco1)N(C(=O)c1ccco1)c1ccc(F)cc1. The molecular weight excluding hydrogens is 375 g/mol. The van der Waals surface area contributed by atoms with E-state index in [4.69, 9.17) is 8.83 Å². The van der Waals surface area contributed by atoms with Gasteiger partial charge in [-0.05, 0) is 61.4 Å². The molecule has 0 saturated heterocycles. The van der Waals surface area contributed by atoms with E-state index in [1.807, 2.05) is 0 Å². The molecule has 1 aliphatic rings. The topological polar surface area (TPSA) is 75.7 Å². The summed E-state index contributed by atoms with van der Waals surface area (Å²) in [4.78, 5) is 27.8. The zero-order valence-electron chi connectivity index (χ0n) is 15.7. The lowest BCUT2D eigenvalue weighted by molar-refractivity contribution is -0.123. The standard InChI is InChI=1S/C22H21FN2O4/c23-15-9-11-17(12-10-15)25(22(27)19-8-4-14-29-19)20(18-7-3-13-28-18)21(26)24-16-5-1-2-6-16/h3-4,7-14,16,20H,1-2,5-6H2,(H,24,26)/t20-/m0/s1. The second-order valence-electron chi connectivity index (χ2n) is 7.04. The van der Waals surface area contributed by atoms with Crippen molar-refractivity contribution in [2.24, 2.45) is 0 Å². The third kappa shape index (κ3) is 4.08. The number of nitrogens with one attached hydrogen (secondary N) is 1. The molecule has 0 unspecified atom stereocenters. The third-order valence-electron chi connectivity index (χ3n) is 5.08. The highest BCUT2D eigenvalue weighted by molar-refractivity contribution is 6.08. The van der Waals surface area contributed by atoms with Crippen LogP contribution in [0.25, 0.3) is 0 Å². The van der Waals surface area contributed by atoms with Crippen molar-refractivity contribution in [2.75, 3.05) is 4.90 Å². The molecule has 0 radical (unpaired) electrons. The molecule has 29 heavy (non-hydrogen) atoms. The van der Waals surface area contributed by atoms with Gasteiger partial charge in [0.2, 0.25) is 0 Å². The molecule has 1 aromatic carbocycles. The Morgan fingerprint density at radius 3 is 2.31 bits per heavy atom. The minimum Gasteiger partial charge on any atom is -0.467 e. The number of furan rings is 2. The molecular formula is C22H21FN2O4. The maximum atomic E-state index is 13.5. The van der Waals surface area contributed by atoms with Gasteiger partial charge in [0, 0.05) is 11.7 Å². The summed E-state index contributed by atoms with van der Waals surface area (Å²) in [5.41, 5.74) is 0.357. The molecule has 2 heterocycles. The van der Waals surface area contributed by atoms with Crippen LogP contribution in [0.2, 0.25) is 0 Å². The van der Waals surface area contributed by atoms with Crippen molar-refractivity contribution >= 4 is 17.5 Å². The van der Waals surface area contributed by atoms with Crippen molar-refractivity contribution in [3.63, 3.8) is 0 Å². The predicted octanol–water partition coefficient (Wildman–Crippen LogP) is 4.46. The van der Waals surface area contributed by atoms with Crippen LogP contribution in [0.4, 0.5) is 10.1 Å². The number of amides is 2. The van der Waals surface area contributed by atoms with E-state index in [0.717, 1.165) is 25.7 Å². The van der Waals surface area contributed by atoms with Gasteiger partial charge in [0.1, 0.15) is 11.6 Å². The lowest BCUT2D eigenvalue weighted by Crippen LogP contribution is -2.46. The summed E-state index contributed by atoms with van der Waals surface area (Å²) in [5.74, 6) is -0.936. The largest absolute Gasteiger partial charge is 0.467 e. The van der Waals surface area contributed by atoms with Crippen LogP contribution in [0, 0.1) is 5.82 Å². The number of carbonyl (C=O) groups excluding carboxylic acids is 2. The van der Waals surface area contributed by atoms with Gasteiger partial charge in [-0.2, -0.15) is 0 Å². The van der Waals surface area contributed by atoms with Gasteiger partial charge in [0.25, 0.3) is 11.8 Å². The van der Waals surface area contributed by atoms with Crippen LogP contribution >= 0.6 is 0 Å². The predicted molar refractivity (Wildman–Crippen MR) is 104 cm³/mol. The van der Waals surface area contributed by atoms with E-state index >= 15 is 0 Å². The molecule has 4 rings (SSSR count). The molecule has 1 saturated carbocycles. The van der Waals surface area contributed by atoms with Crippen molar-refractivity contribution in [3.05, 3.63) is 78.4 Å². The molecule has 3 aromatic rings. The number of benzene rings is 1. The first-order chi connectivity index (χ1) is 14.1. The highest BCUT2D eigenvalue weighted by atomic mass is 19.1. The highest BCUT2D eigenvalue weighted by Crippen LogP contribution is 2.31. The van der Waals surface area contributed by atoms with Gasteiger partial charge in [-0.1, -0.05) is 12.8 Å². The summed E-state index contributed by atoms with van der Waals surface area (Å²) in [6.45, 7) is 0. The Hall–Kier alpha value is -3.35. The van der Waals surface area contributed by atoms with Crippen LogP contribution in [-0.4, -0.2) is 17.9 Å². The molecule has 1 atom stereocenters. The number of hydrogen-bond acceptors (Lipinski definition) is 4. The Morgan fingerprint density at radius 1 is 1.00 bits per heavy atom. The summed E-state index contributed by atoms with van der Waals surface area (Å²) < 4.78 is 24.3. The van der Waals surface area contributed by atoms with E-state index in [1.165, 1.54) is 47.8 Å². The van der Waals surface area contributed by atoms with E-state index in [1.54, 1.807) is 18.2 Å². The Morgan fingerprint density at radius 2 is 1.69 bits per heavy atom. The fourth-order valence-corrected chi connectivity index (χ4v) is 3.68. The average molecular weight is 396 g/mol. The van der Waals surface area contributed by atoms with Crippen LogP contribution in [-0.2, 0) is 4.79 Å². The smallest absolute Gasteiger partial charge is 0.295 e. The first-order valence-corrected chi connectivity index (χ1v) is 9.60. The van der Waals surface area contributed by atoms with Crippen molar-refractivity contribution in [1.82, 2.24) is 5.32 Å². The number of carbonyl (C=O) groups is 2. The van der Waals surface area contributed by atoms with Crippen molar-refractivity contribution < 1.29 is 22.8 Å². The fourth-order valence-electron chi connectivity index (χ4n) is 3.68. The molecule has 150 valence electrons. The molecule has 0 bridgehead atoms. The number of hydrogen-bond donors (Lipinski definition) is 1. The summed E-state index contributed by atoms with van der Waals surface area (Å²) in [6.07, 6.45) is 6.76. The zero-order valence-corrected chi connectivity index (χ0v) is 15.7. The Kier molecular flexibility index (Phi) is 5.46. The van der Waals surface area contributed by atoms with Crippen LogP contribution < -0.4 is 10.2 Å². The summed E-state index contributed by atoms with van der Waals surface area (Å²) in [7, 11) is 0. The van der Waals surface area contributed by atoms with Crippen LogP contribution in [0.1, 0.15) is 48.0 Å². The Bertz CT molecular complexity index is 945. The lowest BCUT2D eigenvalue weighted by Gasteiger charge is -2.30. The van der Waals surface area contributed by atoms with Crippen LogP contribution in [0.5, 0.6) is 0 Å². The van der Waals surface area contributed by atoms with E-state index in [-0.39, 0.29) is 17.7 Å². The maximum Gasteiger partial charge on any atom is 0.295 e. The van der Waals surface area contributed by atoms with Gasteiger partial charge in [0.15, 0.2) is 11.8 Å². The molecule has 1 fully saturated rings. The summed E-state index contributed by atoms with van der Waals surface area (Å²) in [6, 6.07) is 10.8. The van der Waals surface area contributed by atoms with E-state index in [0.29, 0.717) is 11.4 Å². The van der Waals surface area contributed by atoms with Gasteiger partial charge >= 0.3 is 0 Å². The fraction of sp³-hybridized carbons (Fsp3) is 0.273. The first-order valence-electron chi connectivity index (χ1n) is 9.60. The molecule has 6 nitrogen and oxygen atoms in total. The number of anilines is 1. The van der Waals surface area contributed by atoms with Gasteiger partial charge in [-0.15, -0.1) is 0 Å². The molecule has 0 spiro atoms. The maximum absolute atomic E-state index is 13.5. The minimum atomic E-state index is -1.06. The van der Waals surface area contributed by atoms with Gasteiger partial charge < -0.3 is 14.2 Å². The molecule has 1 aliphatic carbocycles. The Balaban J connectivity index is 1.75. The van der Waals surface area contributed by atoms with Crippen molar-refractivity contribution in [1.29, 1.82) is 0 Å². The van der Waals surface area contributed by atoms with Crippen LogP contribution in [0.15, 0.2) is 69.9 Å². The quantitative estimate of drug-likeness (QED) is 0.668. The summed E-state index contributed by atoms with van der Waals surface area (Å²) in [5, 5.41) is 3.03. The van der Waals surface area contributed by atoms with Gasteiger partial charge in [0.05, 0.1) is 12.5 Å². The van der Waals surface area contributed by atoms with Crippen molar-refractivity contribution in [3.8, 4) is 0 Å². The second kappa shape index (κ2) is 8.34. The first kappa shape index (κ1) is 19.0. The second-order valence-corrected chi connectivity index (χ2v) is 7.04. The molecule has 1 N–H and O–H groups in total. The lowest BCUT2D eigenvalue weighted by atomic mass is 10.1. The third-order valence-corrected chi connectivity index (χ3v) is 5.08. The van der Waals surface area contributed by atoms with Gasteiger partial charge in [-0.25, -0.2) is 4.39 Å². The monoisotopic (exact) mass is 396 g/mol. The zero-order chi connectivity index (χ0) is 20.2. The van der Waals surface area contributed by atoms with Gasteiger partial charge in [-0.3, -0.25) is 14.5 Å². The van der Waals surface area contributed by atoms with Crippen LogP contribution in [0.3, 0.4) is 0 Å². The number of nitrogens with zero attached hydrogens (tertiary/aromatic N) is 1. The van der Waals surface area contributed by atoms with Crippen molar-refractivity contribution in [2.45, 2.75) is 37.8 Å². The Labute approximate surface area is 167 Å². The average Bonchev–Trinajstić information content (AvgIpc) is 3.49. The molecule has 7 heteroatoms. The van der Waals surface area contributed by atoms with E-state index in [9.17, 15) is 14.0 Å². The van der Waals surface area contributed by atoms with E-state index < -0.39 is 17.8 Å². The number of halogens is 1. The summed E-state index contributed by atoms with van der Waals surface area (Å²) >= 11 is 0. The molecule has 2 amide bonds. The number of rotatable bonds is 6. The normalized spacial score (nSPS) is 15.2.